The molecule has 2 aromatic rings. The van der Waals surface area contributed by atoms with Crippen LogP contribution in [0.25, 0.3) is 0 Å². The largest absolute Gasteiger partial charge is 0.433 e. The van der Waals surface area contributed by atoms with E-state index >= 15 is 0 Å². The molecular weight excluding hydrogens is 395 g/mol. The van der Waals surface area contributed by atoms with Crippen molar-refractivity contribution in [2.75, 3.05) is 13.1 Å². The number of amides is 1. The molecule has 6 nitrogen and oxygen atoms in total. The molecule has 1 amide bonds. The van der Waals surface area contributed by atoms with E-state index in [0.717, 1.165) is 23.9 Å². The molecule has 9 heteroatoms. The molecule has 3 rings (SSSR count). The molecule has 3 heterocycles. The van der Waals surface area contributed by atoms with Gasteiger partial charge in [0, 0.05) is 30.4 Å². The van der Waals surface area contributed by atoms with E-state index in [-0.39, 0.29) is 17.6 Å². The SMILES string of the molecule is CCCC(C(=O)N1CCC(c2nc(CC)cc(C(F)(F)F)n2)C1)n1nc(C)cc1C. The van der Waals surface area contributed by atoms with E-state index in [1.807, 2.05) is 26.8 Å². The lowest BCUT2D eigenvalue weighted by Gasteiger charge is -2.24. The number of aryl methyl sites for hydroxylation is 3. The van der Waals surface area contributed by atoms with Gasteiger partial charge >= 0.3 is 6.18 Å². The monoisotopic (exact) mass is 423 g/mol. The average molecular weight is 423 g/mol. The Kier molecular flexibility index (Phi) is 6.47. The fourth-order valence-corrected chi connectivity index (χ4v) is 3.99. The molecule has 30 heavy (non-hydrogen) atoms. The van der Waals surface area contributed by atoms with Crippen LogP contribution in [0, 0.1) is 13.8 Å². The molecule has 2 unspecified atom stereocenters. The summed E-state index contributed by atoms with van der Waals surface area (Å²) in [6.07, 6.45) is -2.10. The Morgan fingerprint density at radius 1 is 1.23 bits per heavy atom. The zero-order valence-corrected chi connectivity index (χ0v) is 17.8. The molecule has 0 N–H and O–H groups in total. The van der Waals surface area contributed by atoms with Gasteiger partial charge in [-0.3, -0.25) is 9.48 Å². The summed E-state index contributed by atoms with van der Waals surface area (Å²) in [7, 11) is 0. The van der Waals surface area contributed by atoms with Gasteiger partial charge in [0.15, 0.2) is 0 Å². The van der Waals surface area contributed by atoms with Crippen molar-refractivity contribution >= 4 is 5.91 Å². The van der Waals surface area contributed by atoms with Crippen molar-refractivity contribution in [1.82, 2.24) is 24.6 Å². The summed E-state index contributed by atoms with van der Waals surface area (Å²) in [5.41, 5.74) is 1.22. The smallest absolute Gasteiger partial charge is 0.340 e. The number of carbonyl (C=O) groups is 1. The van der Waals surface area contributed by atoms with Gasteiger partial charge in [-0.15, -0.1) is 0 Å². The van der Waals surface area contributed by atoms with Gasteiger partial charge in [0.05, 0.1) is 5.69 Å². The van der Waals surface area contributed by atoms with Gasteiger partial charge in [-0.25, -0.2) is 9.97 Å². The highest BCUT2D eigenvalue weighted by molar-refractivity contribution is 5.80. The number of rotatable bonds is 6. The van der Waals surface area contributed by atoms with Gasteiger partial charge < -0.3 is 4.90 Å². The number of likely N-dealkylation sites (tertiary alicyclic amines) is 1. The zero-order valence-electron chi connectivity index (χ0n) is 17.8. The summed E-state index contributed by atoms with van der Waals surface area (Å²) in [6, 6.07) is 2.53. The minimum absolute atomic E-state index is 0.0479. The fraction of sp³-hybridized carbons (Fsp3) is 0.619. The topological polar surface area (TPSA) is 63.9 Å². The molecule has 0 aromatic carbocycles. The predicted molar refractivity (Wildman–Crippen MR) is 106 cm³/mol. The van der Waals surface area contributed by atoms with Crippen LogP contribution >= 0.6 is 0 Å². The Labute approximate surface area is 174 Å². The number of carbonyl (C=O) groups excluding carboxylic acids is 1. The minimum atomic E-state index is -4.52. The van der Waals surface area contributed by atoms with E-state index in [1.54, 1.807) is 16.5 Å². The summed E-state index contributed by atoms with van der Waals surface area (Å²) >= 11 is 0. The molecule has 1 aliphatic rings. The normalized spacial score (nSPS) is 18.1. The first-order chi connectivity index (χ1) is 14.1. The summed E-state index contributed by atoms with van der Waals surface area (Å²) in [5, 5.41) is 4.48. The van der Waals surface area contributed by atoms with Crippen LogP contribution in [0.3, 0.4) is 0 Å². The van der Waals surface area contributed by atoms with Crippen molar-refractivity contribution in [3.8, 4) is 0 Å². The molecule has 0 spiro atoms. The Morgan fingerprint density at radius 2 is 1.97 bits per heavy atom. The van der Waals surface area contributed by atoms with Crippen LogP contribution in [0.1, 0.15) is 73.7 Å². The molecule has 0 bridgehead atoms. The maximum absolute atomic E-state index is 13.3. The van der Waals surface area contributed by atoms with Crippen LogP contribution < -0.4 is 0 Å². The first kappa shape index (κ1) is 22.2. The molecule has 1 fully saturated rings. The molecular formula is C21H28F3N5O. The van der Waals surface area contributed by atoms with Crippen molar-refractivity contribution in [3.63, 3.8) is 0 Å². The number of aromatic nitrogens is 4. The van der Waals surface area contributed by atoms with Crippen LogP contribution in [-0.4, -0.2) is 43.6 Å². The van der Waals surface area contributed by atoms with E-state index < -0.39 is 17.9 Å². The molecule has 1 aliphatic heterocycles. The van der Waals surface area contributed by atoms with Gasteiger partial charge in [0.25, 0.3) is 0 Å². The average Bonchev–Trinajstić information content (AvgIpc) is 3.31. The van der Waals surface area contributed by atoms with Crippen molar-refractivity contribution in [2.24, 2.45) is 0 Å². The van der Waals surface area contributed by atoms with E-state index in [0.29, 0.717) is 38.0 Å². The second-order valence-electron chi connectivity index (χ2n) is 7.90. The maximum Gasteiger partial charge on any atom is 0.433 e. The third-order valence-electron chi connectivity index (χ3n) is 5.50. The van der Waals surface area contributed by atoms with E-state index in [9.17, 15) is 18.0 Å². The summed E-state index contributed by atoms with van der Waals surface area (Å²) in [5.74, 6) is -0.173. The Bertz CT molecular complexity index is 909. The summed E-state index contributed by atoms with van der Waals surface area (Å²) < 4.78 is 41.5. The third kappa shape index (κ3) is 4.65. The molecule has 0 saturated carbocycles. The van der Waals surface area contributed by atoms with Crippen molar-refractivity contribution in [2.45, 2.75) is 71.5 Å². The van der Waals surface area contributed by atoms with Crippen molar-refractivity contribution < 1.29 is 18.0 Å². The zero-order chi connectivity index (χ0) is 22.1. The van der Waals surface area contributed by atoms with Gasteiger partial charge in [0.2, 0.25) is 5.91 Å². The van der Waals surface area contributed by atoms with Gasteiger partial charge in [-0.05, 0) is 45.2 Å². The lowest BCUT2D eigenvalue weighted by Crippen LogP contribution is -2.36. The lowest BCUT2D eigenvalue weighted by molar-refractivity contribution is -0.141. The number of hydrogen-bond donors (Lipinski definition) is 0. The van der Waals surface area contributed by atoms with Crippen LogP contribution in [0.4, 0.5) is 13.2 Å². The molecule has 2 aromatic heterocycles. The van der Waals surface area contributed by atoms with Gasteiger partial charge in [0.1, 0.15) is 17.6 Å². The molecule has 2 atom stereocenters. The van der Waals surface area contributed by atoms with Gasteiger partial charge in [-0.2, -0.15) is 18.3 Å². The first-order valence-electron chi connectivity index (χ1n) is 10.4. The first-order valence-corrected chi connectivity index (χ1v) is 10.4. The minimum Gasteiger partial charge on any atom is -0.340 e. The maximum atomic E-state index is 13.3. The highest BCUT2D eigenvalue weighted by atomic mass is 19.4. The van der Waals surface area contributed by atoms with Gasteiger partial charge in [-0.1, -0.05) is 20.3 Å². The highest BCUT2D eigenvalue weighted by Crippen LogP contribution is 2.32. The Balaban J connectivity index is 1.82. The predicted octanol–water partition coefficient (Wildman–Crippen LogP) is 4.23. The summed E-state index contributed by atoms with van der Waals surface area (Å²) in [4.78, 5) is 23.1. The standard InChI is InChI=1S/C21H28F3N5O/c1-5-7-17(29-14(4)10-13(3)27-29)20(30)28-9-8-15(12-28)19-25-16(6-2)11-18(26-19)21(22,23)24/h10-11,15,17H,5-9,12H2,1-4H3. The van der Waals surface area contributed by atoms with E-state index in [2.05, 4.69) is 15.1 Å². The highest BCUT2D eigenvalue weighted by Gasteiger charge is 2.37. The van der Waals surface area contributed by atoms with Crippen LogP contribution in [0.15, 0.2) is 12.1 Å². The second kappa shape index (κ2) is 8.73. The summed E-state index contributed by atoms with van der Waals surface area (Å²) in [6.45, 7) is 8.39. The number of halogens is 3. The molecule has 0 aliphatic carbocycles. The number of alkyl halides is 3. The van der Waals surface area contributed by atoms with Crippen LogP contribution in [0.2, 0.25) is 0 Å². The molecule has 1 saturated heterocycles. The number of hydrogen-bond acceptors (Lipinski definition) is 4. The van der Waals surface area contributed by atoms with Crippen molar-refractivity contribution in [3.05, 3.63) is 40.7 Å². The van der Waals surface area contributed by atoms with E-state index in [1.165, 1.54) is 0 Å². The molecule has 0 radical (unpaired) electrons. The second-order valence-corrected chi connectivity index (χ2v) is 7.90. The number of nitrogens with zero attached hydrogens (tertiary/aromatic N) is 5. The quantitative estimate of drug-likeness (QED) is 0.698. The fourth-order valence-electron chi connectivity index (χ4n) is 3.99. The molecule has 164 valence electrons. The van der Waals surface area contributed by atoms with Crippen LogP contribution in [-0.2, 0) is 17.4 Å². The van der Waals surface area contributed by atoms with E-state index in [4.69, 9.17) is 0 Å². The Hall–Kier alpha value is -2.45. The van der Waals surface area contributed by atoms with Crippen LogP contribution in [0.5, 0.6) is 0 Å². The third-order valence-corrected chi connectivity index (χ3v) is 5.50. The lowest BCUT2D eigenvalue weighted by atomic mass is 10.1. The Morgan fingerprint density at radius 3 is 2.53 bits per heavy atom. The van der Waals surface area contributed by atoms with Crippen molar-refractivity contribution in [1.29, 1.82) is 0 Å².